The van der Waals surface area contributed by atoms with Gasteiger partial charge in [-0.2, -0.15) is 0 Å². The number of hydrogen-bond donors (Lipinski definition) is 0. The van der Waals surface area contributed by atoms with E-state index in [1.165, 1.54) is 87.8 Å². The van der Waals surface area contributed by atoms with E-state index < -0.39 is 0 Å². The molecule has 586 valence electrons. The molecule has 22 rings (SSSR count). The fourth-order valence-corrected chi connectivity index (χ4v) is 17.7. The molecule has 0 saturated heterocycles. The maximum atomic E-state index is 2.37. The maximum absolute atomic E-state index is 2.37. The van der Waals surface area contributed by atoms with E-state index in [2.05, 4.69) is 538 Å². The molecule has 0 unspecified atom stereocenters. The highest BCUT2D eigenvalue weighted by atomic mass is 15.2. The van der Waals surface area contributed by atoms with Gasteiger partial charge < -0.3 is 28.7 Å². The zero-order valence-electron chi connectivity index (χ0n) is 68.2. The Morgan fingerprint density at radius 2 is 0.298 bits per heavy atom. The van der Waals surface area contributed by atoms with Gasteiger partial charge in [0.2, 0.25) is 0 Å². The average molecular weight is 1590 g/mol. The first-order valence-corrected chi connectivity index (χ1v) is 42.3. The van der Waals surface area contributed by atoms with E-state index in [-0.39, 0.29) is 0 Å². The highest BCUT2D eigenvalue weighted by Gasteiger charge is 2.21. The SMILES string of the molecule is c1ccc(-c2ccc(N(c3ccc(-c4ccc(N(c5ccccc5)c5ccccc5)cc4)cc3)c3ccc(-c4ccc(N(c5ccccc5)c5ccccc5)cc4)cc3)cc2)cc1.c1ccc2cc(N(c3ccc(-c4ccc(-n5c6ccccc6c6ccccc65)cc4)cc3)c3ccc(-c4ccc(-n5c6ccccc6c6ccccc65)cc4)cc3)ccc2c1. The molecule has 6 nitrogen and oxygen atoms in total. The number of anilines is 12. The molecule has 22 aromatic rings. The number of hydrogen-bond acceptors (Lipinski definition) is 4. The molecular formula is C118H84N6. The van der Waals surface area contributed by atoms with Crippen LogP contribution < -0.4 is 19.6 Å². The molecule has 0 spiro atoms. The molecule has 6 heteroatoms. The van der Waals surface area contributed by atoms with Gasteiger partial charge in [0.1, 0.15) is 0 Å². The Morgan fingerprint density at radius 3 is 0.556 bits per heavy atom. The van der Waals surface area contributed by atoms with Crippen LogP contribution in [0, 0.1) is 0 Å². The highest BCUT2D eigenvalue weighted by Crippen LogP contribution is 2.45. The lowest BCUT2D eigenvalue weighted by molar-refractivity contribution is 1.18. The summed E-state index contributed by atoms with van der Waals surface area (Å²) in [4.78, 5) is 9.28. The van der Waals surface area contributed by atoms with Crippen molar-refractivity contribution in [3.8, 4) is 67.0 Å². The smallest absolute Gasteiger partial charge is 0.0541 e. The lowest BCUT2D eigenvalue weighted by Gasteiger charge is -2.27. The van der Waals surface area contributed by atoms with Crippen LogP contribution >= 0.6 is 0 Å². The molecule has 2 heterocycles. The van der Waals surface area contributed by atoms with E-state index in [0.29, 0.717) is 0 Å². The minimum Gasteiger partial charge on any atom is -0.311 e. The molecule has 0 aliphatic rings. The number of fused-ring (bicyclic) bond motifs is 7. The van der Waals surface area contributed by atoms with Crippen molar-refractivity contribution in [1.82, 2.24) is 9.13 Å². The summed E-state index contributed by atoms with van der Waals surface area (Å²) in [6.07, 6.45) is 0. The van der Waals surface area contributed by atoms with E-state index in [1.54, 1.807) is 0 Å². The van der Waals surface area contributed by atoms with Gasteiger partial charge in [0.25, 0.3) is 0 Å². The van der Waals surface area contributed by atoms with Crippen LogP contribution in [-0.2, 0) is 0 Å². The third-order valence-electron chi connectivity index (χ3n) is 23.8. The second kappa shape index (κ2) is 33.7. The first-order chi connectivity index (χ1) is 61.5. The number of nitrogens with zero attached hydrogens (tertiary/aromatic N) is 6. The Kier molecular flexibility index (Phi) is 20.4. The maximum Gasteiger partial charge on any atom is 0.0541 e. The van der Waals surface area contributed by atoms with Gasteiger partial charge in [-0.3, -0.25) is 0 Å². The van der Waals surface area contributed by atoms with Crippen LogP contribution in [0.4, 0.5) is 68.2 Å². The van der Waals surface area contributed by atoms with Crippen LogP contribution in [0.25, 0.3) is 121 Å². The van der Waals surface area contributed by atoms with Gasteiger partial charge in [-0.25, -0.2) is 0 Å². The lowest BCUT2D eigenvalue weighted by atomic mass is 10.0. The predicted molar refractivity (Wildman–Crippen MR) is 525 cm³/mol. The summed E-state index contributed by atoms with van der Waals surface area (Å²) in [5, 5.41) is 7.53. The largest absolute Gasteiger partial charge is 0.311 e. The van der Waals surface area contributed by atoms with E-state index in [1.807, 2.05) is 0 Å². The van der Waals surface area contributed by atoms with Gasteiger partial charge in [0, 0.05) is 101 Å². The summed E-state index contributed by atoms with van der Waals surface area (Å²) < 4.78 is 4.73. The standard InChI is InChI=1S/C60H45N3.C58H39N3/c1-6-16-46(17-7-1)47-26-36-58(37-27-47)63(59-42-32-50(33-43-59)48-28-38-56(39-29-48)61(52-18-8-2-9-19-52)53-20-10-3-11-21-53)60-44-34-51(35-45-60)49-30-40-57(41-31-49)62(54-22-12-4-13-23-54)55-24-14-5-15-25-55;1-2-12-45-39-50(38-29-40(45)11-1)59(46-30-21-41(22-31-46)43-25-34-48(35-26-43)60-55-17-7-3-13-51(55)52-14-4-8-18-56(52)60)47-32-23-42(24-33-47)44-27-36-49(37-28-44)61-57-19-9-5-15-53(57)54-16-6-10-20-58(54)61/h1-45H;1-39H. The fraction of sp³-hybridized carbons (Fsp3) is 0. The predicted octanol–water partition coefficient (Wildman–Crippen LogP) is 32.9. The molecule has 0 aliphatic carbocycles. The average Bonchev–Trinajstić information content (AvgIpc) is 1.60. The van der Waals surface area contributed by atoms with E-state index in [0.717, 1.165) is 102 Å². The summed E-state index contributed by atoms with van der Waals surface area (Å²) >= 11 is 0. The first kappa shape index (κ1) is 75.0. The quantitative estimate of drug-likeness (QED) is 0.0805. The molecular weight excluding hydrogens is 1500 g/mol. The van der Waals surface area contributed by atoms with Gasteiger partial charge in [-0.15, -0.1) is 0 Å². The Balaban J connectivity index is 0.000000152. The van der Waals surface area contributed by atoms with E-state index in [4.69, 9.17) is 0 Å². The van der Waals surface area contributed by atoms with Crippen molar-refractivity contribution in [2.45, 2.75) is 0 Å². The van der Waals surface area contributed by atoms with Crippen LogP contribution in [0.1, 0.15) is 0 Å². The molecule has 0 saturated carbocycles. The molecule has 0 radical (unpaired) electrons. The minimum absolute atomic E-state index is 1.08. The van der Waals surface area contributed by atoms with Crippen molar-refractivity contribution >= 4 is 123 Å². The number of rotatable bonds is 19. The summed E-state index contributed by atoms with van der Waals surface area (Å²) in [5.74, 6) is 0. The number of para-hydroxylation sites is 8. The van der Waals surface area contributed by atoms with Crippen molar-refractivity contribution in [3.63, 3.8) is 0 Å². The van der Waals surface area contributed by atoms with Gasteiger partial charge in [0.15, 0.2) is 0 Å². The molecule has 0 amide bonds. The Bertz CT molecular complexity index is 6870. The summed E-state index contributed by atoms with van der Waals surface area (Å²) in [7, 11) is 0. The summed E-state index contributed by atoms with van der Waals surface area (Å²) in [6.45, 7) is 0. The van der Waals surface area contributed by atoms with Gasteiger partial charge in [-0.05, 0) is 261 Å². The molecule has 0 atom stereocenters. The topological polar surface area (TPSA) is 22.8 Å². The minimum atomic E-state index is 1.08. The molecule has 124 heavy (non-hydrogen) atoms. The zero-order valence-corrected chi connectivity index (χ0v) is 68.2. The van der Waals surface area contributed by atoms with Crippen molar-refractivity contribution in [2.24, 2.45) is 0 Å². The molecule has 0 bridgehead atoms. The molecule has 0 aliphatic heterocycles. The zero-order chi connectivity index (χ0) is 82.5. The van der Waals surface area contributed by atoms with Crippen molar-refractivity contribution in [3.05, 3.63) is 510 Å². The number of benzene rings is 20. The third kappa shape index (κ3) is 14.9. The molecule has 0 N–H and O–H groups in total. The van der Waals surface area contributed by atoms with Crippen LogP contribution in [0.2, 0.25) is 0 Å². The van der Waals surface area contributed by atoms with E-state index in [9.17, 15) is 0 Å². The van der Waals surface area contributed by atoms with Crippen LogP contribution in [0.3, 0.4) is 0 Å². The molecule has 20 aromatic carbocycles. The normalized spacial score (nSPS) is 11.2. The second-order valence-electron chi connectivity index (χ2n) is 31.2. The van der Waals surface area contributed by atoms with Crippen LogP contribution in [0.5, 0.6) is 0 Å². The van der Waals surface area contributed by atoms with Gasteiger partial charge >= 0.3 is 0 Å². The van der Waals surface area contributed by atoms with Crippen molar-refractivity contribution < 1.29 is 0 Å². The van der Waals surface area contributed by atoms with Gasteiger partial charge in [-0.1, -0.05) is 315 Å². The van der Waals surface area contributed by atoms with Crippen molar-refractivity contribution in [2.75, 3.05) is 19.6 Å². The number of aromatic nitrogens is 2. The van der Waals surface area contributed by atoms with Crippen molar-refractivity contribution in [1.29, 1.82) is 0 Å². The van der Waals surface area contributed by atoms with E-state index >= 15 is 0 Å². The van der Waals surface area contributed by atoms with Crippen LogP contribution in [0.15, 0.2) is 510 Å². The van der Waals surface area contributed by atoms with Crippen LogP contribution in [-0.4, -0.2) is 9.13 Å². The fourth-order valence-electron chi connectivity index (χ4n) is 17.7. The Morgan fingerprint density at radius 1 is 0.121 bits per heavy atom. The Hall–Kier alpha value is -16.5. The second-order valence-corrected chi connectivity index (χ2v) is 31.2. The molecule has 0 fully saturated rings. The van der Waals surface area contributed by atoms with Gasteiger partial charge in [0.05, 0.1) is 22.1 Å². The Labute approximate surface area is 723 Å². The molecule has 2 aromatic heterocycles. The monoisotopic (exact) mass is 1580 g/mol. The highest BCUT2D eigenvalue weighted by molar-refractivity contribution is 6.10. The summed E-state index contributed by atoms with van der Waals surface area (Å²) in [5.41, 5.74) is 32.2. The third-order valence-corrected chi connectivity index (χ3v) is 23.8. The lowest BCUT2D eigenvalue weighted by Crippen LogP contribution is -2.10. The first-order valence-electron chi connectivity index (χ1n) is 42.3. The summed E-state index contributed by atoms with van der Waals surface area (Å²) in [6, 6.07) is 183.